The van der Waals surface area contributed by atoms with Crippen molar-refractivity contribution in [2.75, 3.05) is 0 Å². The van der Waals surface area contributed by atoms with Crippen LogP contribution >= 0.6 is 25.3 Å². The zero-order chi connectivity index (χ0) is 32.0. The van der Waals surface area contributed by atoms with E-state index >= 15 is 0 Å². The number of rotatable bonds is 8. The van der Waals surface area contributed by atoms with Gasteiger partial charge in [-0.25, -0.2) is 9.97 Å². The first kappa shape index (κ1) is 34.4. The number of aliphatic carboxylic acids is 2. The maximum Gasteiger partial charge on any atom is 2.00 e. The van der Waals surface area contributed by atoms with Crippen LogP contribution in [0.3, 0.4) is 0 Å². The van der Waals surface area contributed by atoms with Crippen LogP contribution in [0, 0.1) is 13.8 Å². The van der Waals surface area contributed by atoms with Crippen molar-refractivity contribution >= 4 is 81.6 Å². The monoisotopic (exact) mass is 682 g/mol. The number of carbonyl (C=O) groups is 2. The quantitative estimate of drug-likeness (QED) is 0.143. The van der Waals surface area contributed by atoms with E-state index in [-0.39, 0.29) is 48.0 Å². The van der Waals surface area contributed by atoms with Crippen LogP contribution in [-0.2, 0) is 33.1 Å². The third-order valence-electron chi connectivity index (χ3n) is 8.31. The van der Waals surface area contributed by atoms with Gasteiger partial charge >= 0.3 is 29.0 Å². The summed E-state index contributed by atoms with van der Waals surface area (Å²) in [5.41, 5.74) is 12.4. The number of hydrogen-bond acceptors (Lipinski definition) is 6. The molecule has 8 bridgehead atoms. The molecule has 5 rings (SSSR count). The first-order chi connectivity index (χ1) is 20.8. The minimum Gasteiger partial charge on any atom is -0.657 e. The van der Waals surface area contributed by atoms with Crippen molar-refractivity contribution in [2.24, 2.45) is 0 Å². The molecule has 0 fully saturated rings. The molecule has 2 aliphatic heterocycles. The van der Waals surface area contributed by atoms with E-state index in [0.717, 1.165) is 61.3 Å². The Labute approximate surface area is 283 Å². The minimum absolute atomic E-state index is 0. The molecule has 2 aliphatic rings. The summed E-state index contributed by atoms with van der Waals surface area (Å²) >= 11 is 9.37. The van der Waals surface area contributed by atoms with Crippen LogP contribution in [0.2, 0.25) is 0 Å². The van der Waals surface area contributed by atoms with Crippen LogP contribution in [0.15, 0.2) is 35.7 Å². The Morgan fingerprint density at radius 2 is 1.31 bits per heavy atom. The summed E-state index contributed by atoms with van der Waals surface area (Å²) in [5, 5.41) is 18.9. The zero-order valence-corrected chi connectivity index (χ0v) is 28.6. The number of nitrogens with zero attached hydrogens (tertiary/aromatic N) is 4. The number of allylic oxidation sites excluding steroid dienone is 4. The van der Waals surface area contributed by atoms with Crippen molar-refractivity contribution in [1.29, 1.82) is 0 Å². The van der Waals surface area contributed by atoms with Crippen LogP contribution in [0.4, 0.5) is 0 Å². The topological polar surface area (TPSA) is 129 Å². The number of aryl methyl sites for hydroxylation is 3. The van der Waals surface area contributed by atoms with Crippen molar-refractivity contribution in [1.82, 2.24) is 19.9 Å². The summed E-state index contributed by atoms with van der Waals surface area (Å²) in [6.07, 6.45) is 0.445. The van der Waals surface area contributed by atoms with Crippen molar-refractivity contribution in [3.8, 4) is 0 Å². The van der Waals surface area contributed by atoms with E-state index in [2.05, 4.69) is 19.2 Å². The Kier molecular flexibility index (Phi) is 10.3. The van der Waals surface area contributed by atoms with Gasteiger partial charge in [-0.05, 0) is 69.7 Å². The first-order valence-corrected chi connectivity index (χ1v) is 15.3. The predicted octanol–water partition coefficient (Wildman–Crippen LogP) is 7.37. The van der Waals surface area contributed by atoms with Gasteiger partial charge in [-0.15, -0.1) is 34.7 Å². The summed E-state index contributed by atoms with van der Waals surface area (Å²) in [4.78, 5) is 43.6. The zero-order valence-electron chi connectivity index (χ0n) is 25.7. The fraction of sp³-hybridized carbons (Fsp3) is 0.294. The van der Waals surface area contributed by atoms with Gasteiger partial charge in [-0.1, -0.05) is 47.5 Å². The van der Waals surface area contributed by atoms with Gasteiger partial charge < -0.3 is 20.2 Å². The van der Waals surface area contributed by atoms with E-state index in [9.17, 15) is 19.8 Å². The van der Waals surface area contributed by atoms with E-state index in [1.165, 1.54) is 0 Å². The maximum atomic E-state index is 11.6. The van der Waals surface area contributed by atoms with Gasteiger partial charge in [0.15, 0.2) is 0 Å². The van der Waals surface area contributed by atoms with E-state index in [1.807, 2.05) is 58.9 Å². The Morgan fingerprint density at radius 1 is 0.800 bits per heavy atom. The summed E-state index contributed by atoms with van der Waals surface area (Å²) in [6.45, 7) is 14.0. The summed E-state index contributed by atoms with van der Waals surface area (Å²) < 4.78 is 0. The Morgan fingerprint density at radius 3 is 1.93 bits per heavy atom. The second kappa shape index (κ2) is 13.5. The fourth-order valence-corrected chi connectivity index (χ4v) is 6.58. The molecule has 11 heteroatoms. The van der Waals surface area contributed by atoms with Crippen molar-refractivity contribution in [3.05, 3.63) is 80.8 Å². The molecular weight excluding hydrogens is 648 g/mol. The fourth-order valence-electron chi connectivity index (χ4n) is 5.97. The van der Waals surface area contributed by atoms with Gasteiger partial charge in [0, 0.05) is 28.6 Å². The molecule has 8 nitrogen and oxygen atoms in total. The van der Waals surface area contributed by atoms with Gasteiger partial charge in [-0.3, -0.25) is 9.59 Å². The van der Waals surface area contributed by atoms with Gasteiger partial charge in [-0.2, -0.15) is 12.6 Å². The smallest absolute Gasteiger partial charge is 0.657 e. The molecule has 2 N–H and O–H groups in total. The van der Waals surface area contributed by atoms with E-state index in [1.54, 1.807) is 0 Å². The molecule has 0 amide bonds. The molecule has 0 spiro atoms. The molecule has 1 unspecified atom stereocenters. The Bertz CT molecular complexity index is 1980. The minimum atomic E-state index is -0.907. The van der Waals surface area contributed by atoms with Gasteiger partial charge in [0.1, 0.15) is 0 Å². The average molecular weight is 683 g/mol. The molecule has 5 heterocycles. The molecule has 0 aromatic carbocycles. The molecule has 0 radical (unpaired) electrons. The van der Waals surface area contributed by atoms with Crippen LogP contribution in [0.5, 0.6) is 0 Å². The van der Waals surface area contributed by atoms with Crippen LogP contribution < -0.4 is 9.97 Å². The van der Waals surface area contributed by atoms with Gasteiger partial charge in [0.2, 0.25) is 0 Å². The van der Waals surface area contributed by atoms with Crippen LogP contribution in [0.25, 0.3) is 44.4 Å². The number of fused-ring (bicyclic) bond motifs is 8. The first-order valence-electron chi connectivity index (χ1n) is 14.3. The summed E-state index contributed by atoms with van der Waals surface area (Å²) in [6, 6.07) is 7.62. The SMILES string of the molecule is C=C(S)C1=C(C)c2cc3[n-]c(cc4nc(cc5[n-]c(cc1n2)c(C)c5CCC(=O)O)C(CCC(=O)O)=C4C)c(C)c3C(C)S.[Fe+2]. The predicted molar refractivity (Wildman–Crippen MR) is 182 cm³/mol. The van der Waals surface area contributed by atoms with Gasteiger partial charge in [0.05, 0.1) is 22.8 Å². The van der Waals surface area contributed by atoms with Gasteiger partial charge in [0.25, 0.3) is 0 Å². The average Bonchev–Trinajstić information content (AvgIpc) is 3.59. The van der Waals surface area contributed by atoms with E-state index in [4.69, 9.17) is 32.6 Å². The largest absolute Gasteiger partial charge is 2.00 e. The summed E-state index contributed by atoms with van der Waals surface area (Å²) in [5.74, 6) is -1.81. The van der Waals surface area contributed by atoms with E-state index < -0.39 is 11.9 Å². The number of carboxylic acid groups (broad SMARTS) is 2. The molecule has 234 valence electrons. The van der Waals surface area contributed by atoms with Crippen LogP contribution in [0.1, 0.15) is 90.3 Å². The van der Waals surface area contributed by atoms with Crippen molar-refractivity contribution in [2.45, 2.75) is 65.6 Å². The number of aromatic nitrogens is 4. The summed E-state index contributed by atoms with van der Waals surface area (Å²) in [7, 11) is 0. The van der Waals surface area contributed by atoms with Crippen molar-refractivity contribution in [3.63, 3.8) is 0 Å². The Balaban J connectivity index is 0.00000461. The molecule has 0 aliphatic carbocycles. The van der Waals surface area contributed by atoms with Crippen LogP contribution in [-0.4, -0.2) is 32.1 Å². The second-order valence-electron chi connectivity index (χ2n) is 11.3. The number of hydrogen-bond donors (Lipinski definition) is 4. The third kappa shape index (κ3) is 6.72. The molecule has 45 heavy (non-hydrogen) atoms. The number of thiol groups is 2. The molecule has 3 aromatic heterocycles. The molecule has 3 aromatic rings. The maximum absolute atomic E-state index is 11.6. The molecule has 0 saturated heterocycles. The number of carboxylic acids is 2. The Hall–Kier alpha value is -3.50. The molecule has 1 atom stereocenters. The van der Waals surface area contributed by atoms with Crippen molar-refractivity contribution < 1.29 is 36.9 Å². The molecular formula is C34H34FeN4O4S2. The van der Waals surface area contributed by atoms with E-state index in [0.29, 0.717) is 33.0 Å². The normalized spacial score (nSPS) is 13.6. The molecule has 0 saturated carbocycles. The standard InChI is InChI=1S/C34H36N4O4S2.Fe/c1-15-21(7-9-31(39)40)27-14-28-22(8-10-32(41)42)16(2)24(36-28)12-29-34(20(6)44)18(4)26(38-29)13-30-33(19(5)43)17(3)25(37-30)11-23(15)35-27;/h11-14,19H,6-10H2,1-5H3,(H6,35,36,37,38,39,40,41,42,43,44);/q;+2/p-2. The third-order valence-corrected chi connectivity index (χ3v) is 8.79. The second-order valence-corrected chi connectivity index (χ2v) is 12.6.